The number of para-hydroxylation sites is 1. The van der Waals surface area contributed by atoms with Crippen molar-refractivity contribution in [3.05, 3.63) is 50.9 Å². The lowest BCUT2D eigenvalue weighted by molar-refractivity contribution is 0.990. The van der Waals surface area contributed by atoms with Crippen molar-refractivity contribution in [1.29, 1.82) is 0 Å². The van der Waals surface area contributed by atoms with Crippen molar-refractivity contribution in [3.63, 3.8) is 0 Å². The second-order valence-corrected chi connectivity index (χ2v) is 5.77. The molecule has 0 unspecified atom stereocenters. The van der Waals surface area contributed by atoms with Crippen LogP contribution in [0.5, 0.6) is 0 Å². The number of benzene rings is 1. The molecule has 2 aromatic heterocycles. The van der Waals surface area contributed by atoms with E-state index in [0.29, 0.717) is 11.0 Å². The number of aromatic nitrogens is 3. The molecule has 5 heteroatoms. The maximum atomic E-state index is 6.22. The fourth-order valence-corrected chi connectivity index (χ4v) is 2.91. The van der Waals surface area contributed by atoms with E-state index in [4.69, 9.17) is 11.6 Å². The monoisotopic (exact) mass is 395 g/mol. The number of pyridine rings is 1. The van der Waals surface area contributed by atoms with Gasteiger partial charge in [0.2, 0.25) is 0 Å². The van der Waals surface area contributed by atoms with Gasteiger partial charge < -0.3 is 0 Å². The zero-order valence-electron chi connectivity index (χ0n) is 10.8. The Morgan fingerprint density at radius 2 is 1.95 bits per heavy atom. The van der Waals surface area contributed by atoms with E-state index >= 15 is 0 Å². The van der Waals surface area contributed by atoms with Crippen LogP contribution in [0.15, 0.2) is 36.5 Å². The molecule has 100 valence electrons. The third-order valence-electron chi connectivity index (χ3n) is 3.09. The van der Waals surface area contributed by atoms with E-state index in [1.165, 1.54) is 0 Å². The van der Waals surface area contributed by atoms with Gasteiger partial charge in [-0.05, 0) is 41.1 Å². The van der Waals surface area contributed by atoms with Gasteiger partial charge in [0.05, 0.1) is 14.8 Å². The third kappa shape index (κ3) is 2.38. The predicted molar refractivity (Wildman–Crippen MR) is 89.9 cm³/mol. The second-order valence-electron chi connectivity index (χ2n) is 4.33. The Morgan fingerprint density at radius 3 is 2.75 bits per heavy atom. The lowest BCUT2D eigenvalue weighted by atomic mass is 10.1. The minimum Gasteiger partial charge on any atom is -0.255 e. The summed E-state index contributed by atoms with van der Waals surface area (Å²) >= 11 is 8.41. The van der Waals surface area contributed by atoms with Gasteiger partial charge in [-0.2, -0.15) is 0 Å². The quantitative estimate of drug-likeness (QED) is 0.473. The standard InChI is InChI=1S/C15H11ClIN3/c1-2-11-12(17)14(16)20-15(19-11)10-7-3-5-9-6-4-8-18-13(9)10/h3-8H,2H2,1H3. The molecule has 0 amide bonds. The highest BCUT2D eigenvalue weighted by molar-refractivity contribution is 14.1. The van der Waals surface area contributed by atoms with Gasteiger partial charge in [0.15, 0.2) is 5.82 Å². The van der Waals surface area contributed by atoms with Crippen molar-refractivity contribution in [1.82, 2.24) is 15.0 Å². The van der Waals surface area contributed by atoms with Crippen LogP contribution in [-0.2, 0) is 6.42 Å². The van der Waals surface area contributed by atoms with Crippen molar-refractivity contribution < 1.29 is 0 Å². The average molecular weight is 396 g/mol. The molecule has 0 N–H and O–H groups in total. The van der Waals surface area contributed by atoms with E-state index in [0.717, 1.165) is 32.2 Å². The molecule has 1 aromatic carbocycles. The third-order valence-corrected chi connectivity index (χ3v) is 4.81. The van der Waals surface area contributed by atoms with Crippen LogP contribution >= 0.6 is 34.2 Å². The number of hydrogen-bond acceptors (Lipinski definition) is 3. The summed E-state index contributed by atoms with van der Waals surface area (Å²) in [6, 6.07) is 9.95. The molecule has 0 bridgehead atoms. The number of nitrogens with zero attached hydrogens (tertiary/aromatic N) is 3. The summed E-state index contributed by atoms with van der Waals surface area (Å²) in [5.41, 5.74) is 2.78. The number of hydrogen-bond donors (Lipinski definition) is 0. The lowest BCUT2D eigenvalue weighted by Crippen LogP contribution is -2.00. The summed E-state index contributed by atoms with van der Waals surface area (Å²) in [6.07, 6.45) is 2.60. The summed E-state index contributed by atoms with van der Waals surface area (Å²) in [7, 11) is 0. The van der Waals surface area contributed by atoms with Crippen LogP contribution in [0.4, 0.5) is 0 Å². The van der Waals surface area contributed by atoms with E-state index in [1.807, 2.05) is 30.3 Å². The van der Waals surface area contributed by atoms with Crippen LogP contribution in [0.1, 0.15) is 12.6 Å². The van der Waals surface area contributed by atoms with Crippen LogP contribution in [0.3, 0.4) is 0 Å². The molecule has 0 aliphatic carbocycles. The molecule has 0 aliphatic heterocycles. The first kappa shape index (κ1) is 13.7. The maximum Gasteiger partial charge on any atom is 0.163 e. The average Bonchev–Trinajstić information content (AvgIpc) is 2.49. The normalized spacial score (nSPS) is 10.9. The Morgan fingerprint density at radius 1 is 1.15 bits per heavy atom. The van der Waals surface area contributed by atoms with E-state index in [1.54, 1.807) is 6.20 Å². The largest absolute Gasteiger partial charge is 0.255 e. The molecule has 0 saturated carbocycles. The Hall–Kier alpha value is -1.27. The number of aryl methyl sites for hydroxylation is 1. The zero-order valence-corrected chi connectivity index (χ0v) is 13.7. The Bertz CT molecular complexity index is 784. The van der Waals surface area contributed by atoms with Crippen molar-refractivity contribution in [2.45, 2.75) is 13.3 Å². The molecule has 0 fully saturated rings. The van der Waals surface area contributed by atoms with Crippen LogP contribution < -0.4 is 0 Å². The van der Waals surface area contributed by atoms with E-state index in [9.17, 15) is 0 Å². The fourth-order valence-electron chi connectivity index (χ4n) is 2.10. The number of halogens is 2. The van der Waals surface area contributed by atoms with Crippen molar-refractivity contribution in [2.75, 3.05) is 0 Å². The highest BCUT2D eigenvalue weighted by Gasteiger charge is 2.13. The Balaban J connectivity index is 2.28. The van der Waals surface area contributed by atoms with Gasteiger partial charge in [-0.15, -0.1) is 0 Å². The Labute approximate surface area is 135 Å². The summed E-state index contributed by atoms with van der Waals surface area (Å²) in [4.78, 5) is 13.5. The van der Waals surface area contributed by atoms with E-state index < -0.39 is 0 Å². The first-order valence-electron chi connectivity index (χ1n) is 6.26. The molecule has 20 heavy (non-hydrogen) atoms. The molecule has 3 aromatic rings. The second kappa shape index (κ2) is 5.61. The molecular weight excluding hydrogens is 385 g/mol. The smallest absolute Gasteiger partial charge is 0.163 e. The van der Waals surface area contributed by atoms with Crippen LogP contribution in [0.25, 0.3) is 22.3 Å². The van der Waals surface area contributed by atoms with Gasteiger partial charge in [0.25, 0.3) is 0 Å². The fraction of sp³-hybridized carbons (Fsp3) is 0.133. The Kier molecular flexibility index (Phi) is 3.85. The van der Waals surface area contributed by atoms with Crippen molar-refractivity contribution in [3.8, 4) is 11.4 Å². The van der Waals surface area contributed by atoms with E-state index in [-0.39, 0.29) is 0 Å². The van der Waals surface area contributed by atoms with Crippen LogP contribution in [-0.4, -0.2) is 15.0 Å². The summed E-state index contributed by atoms with van der Waals surface area (Å²) < 4.78 is 0.920. The van der Waals surface area contributed by atoms with Gasteiger partial charge in [-0.25, -0.2) is 9.97 Å². The van der Waals surface area contributed by atoms with Gasteiger partial charge in [0, 0.05) is 17.1 Å². The number of fused-ring (bicyclic) bond motifs is 1. The molecule has 0 spiro atoms. The topological polar surface area (TPSA) is 38.7 Å². The molecular formula is C15H11ClIN3. The van der Waals surface area contributed by atoms with Crippen LogP contribution in [0, 0.1) is 3.57 Å². The molecule has 0 aliphatic rings. The lowest BCUT2D eigenvalue weighted by Gasteiger charge is -2.08. The van der Waals surface area contributed by atoms with Crippen molar-refractivity contribution in [2.24, 2.45) is 0 Å². The van der Waals surface area contributed by atoms with Gasteiger partial charge in [-0.3, -0.25) is 4.98 Å². The highest BCUT2D eigenvalue weighted by Crippen LogP contribution is 2.28. The first-order chi connectivity index (χ1) is 9.70. The van der Waals surface area contributed by atoms with Gasteiger partial charge >= 0.3 is 0 Å². The van der Waals surface area contributed by atoms with Crippen LogP contribution in [0.2, 0.25) is 5.15 Å². The molecule has 3 rings (SSSR count). The molecule has 3 nitrogen and oxygen atoms in total. The molecule has 0 saturated heterocycles. The maximum absolute atomic E-state index is 6.22. The minimum absolute atomic E-state index is 0.500. The minimum atomic E-state index is 0.500. The number of rotatable bonds is 2. The SMILES string of the molecule is CCc1nc(-c2cccc3cccnc23)nc(Cl)c1I. The predicted octanol–water partition coefficient (Wildman–Crippen LogP) is 4.51. The molecule has 0 atom stereocenters. The van der Waals surface area contributed by atoms with Gasteiger partial charge in [0.1, 0.15) is 5.15 Å². The summed E-state index contributed by atoms with van der Waals surface area (Å²) in [5, 5.41) is 1.57. The molecule has 0 radical (unpaired) electrons. The summed E-state index contributed by atoms with van der Waals surface area (Å²) in [5.74, 6) is 0.636. The van der Waals surface area contributed by atoms with Gasteiger partial charge in [-0.1, -0.05) is 36.7 Å². The first-order valence-corrected chi connectivity index (χ1v) is 7.72. The highest BCUT2D eigenvalue weighted by atomic mass is 127. The zero-order chi connectivity index (χ0) is 14.1. The van der Waals surface area contributed by atoms with E-state index in [2.05, 4.69) is 44.5 Å². The van der Waals surface area contributed by atoms with Crippen molar-refractivity contribution >= 4 is 45.1 Å². The summed E-state index contributed by atoms with van der Waals surface area (Å²) in [6.45, 7) is 2.06. The molecule has 2 heterocycles.